The van der Waals surface area contributed by atoms with E-state index in [4.69, 9.17) is 5.11 Å². The van der Waals surface area contributed by atoms with Gasteiger partial charge in [0.1, 0.15) is 5.69 Å². The highest BCUT2D eigenvalue weighted by molar-refractivity contribution is 4.89. The lowest BCUT2D eigenvalue weighted by Gasteiger charge is -2.18. The molecule has 0 aromatic carbocycles. The van der Waals surface area contributed by atoms with Crippen LogP contribution in [0.4, 0.5) is 0 Å². The van der Waals surface area contributed by atoms with Gasteiger partial charge in [-0.05, 0) is 24.8 Å². The molecule has 2 rings (SSSR count). The fraction of sp³-hybridized carbons (Fsp3) is 0.833. The highest BCUT2D eigenvalue weighted by Gasteiger charge is 2.23. The number of rotatable bonds is 5. The Morgan fingerprint density at radius 2 is 2.35 bits per heavy atom. The first-order valence-corrected chi connectivity index (χ1v) is 6.39. The molecule has 1 aliphatic rings. The number of aliphatic hydroxyl groups excluding tert-OH is 1. The van der Waals surface area contributed by atoms with Crippen LogP contribution in [0.3, 0.4) is 0 Å². The molecule has 0 unspecified atom stereocenters. The van der Waals surface area contributed by atoms with Gasteiger partial charge in [-0.15, -0.1) is 5.10 Å². The van der Waals surface area contributed by atoms with Crippen LogP contribution >= 0.6 is 0 Å². The summed E-state index contributed by atoms with van der Waals surface area (Å²) >= 11 is 0. The lowest BCUT2D eigenvalue weighted by atomic mass is 10.1. The highest BCUT2D eigenvalue weighted by atomic mass is 16.3. The minimum absolute atomic E-state index is 0.0237. The van der Waals surface area contributed by atoms with Crippen molar-refractivity contribution in [2.24, 2.45) is 11.8 Å². The van der Waals surface area contributed by atoms with Crippen LogP contribution in [0.15, 0.2) is 6.20 Å². The summed E-state index contributed by atoms with van der Waals surface area (Å²) in [7, 11) is 0. The molecule has 0 saturated carbocycles. The topological polar surface area (TPSA) is 54.2 Å². The minimum Gasteiger partial charge on any atom is -0.390 e. The third-order valence-corrected chi connectivity index (χ3v) is 3.19. The molecule has 1 aromatic rings. The first-order valence-electron chi connectivity index (χ1n) is 6.39. The average molecular weight is 238 g/mol. The summed E-state index contributed by atoms with van der Waals surface area (Å²) in [6.45, 7) is 8.97. The number of nitrogens with zero attached hydrogens (tertiary/aromatic N) is 4. The molecule has 1 N–H and O–H groups in total. The van der Waals surface area contributed by atoms with E-state index in [0.717, 1.165) is 19.0 Å². The Kier molecular flexibility index (Phi) is 4.12. The maximum Gasteiger partial charge on any atom is 0.108 e. The molecule has 1 atom stereocenters. The molecular formula is C12H22N4O. The van der Waals surface area contributed by atoms with E-state index in [1.807, 2.05) is 10.9 Å². The van der Waals surface area contributed by atoms with E-state index in [2.05, 4.69) is 29.1 Å². The fourth-order valence-corrected chi connectivity index (χ4v) is 2.51. The summed E-state index contributed by atoms with van der Waals surface area (Å²) in [4.78, 5) is 2.53. The zero-order valence-electron chi connectivity index (χ0n) is 10.7. The fourth-order valence-electron chi connectivity index (χ4n) is 2.51. The molecule has 1 aromatic heterocycles. The molecule has 0 radical (unpaired) electrons. The van der Waals surface area contributed by atoms with Gasteiger partial charge in [0.25, 0.3) is 0 Å². The van der Waals surface area contributed by atoms with Crippen molar-refractivity contribution >= 4 is 0 Å². The van der Waals surface area contributed by atoms with Crippen molar-refractivity contribution in [3.05, 3.63) is 11.9 Å². The van der Waals surface area contributed by atoms with Gasteiger partial charge in [-0.25, -0.2) is 0 Å². The van der Waals surface area contributed by atoms with Crippen LogP contribution in [-0.2, 0) is 13.2 Å². The SMILES string of the molecule is CC(C)CN1CC[C@@H](Cn2cc(CO)nn2)C1. The summed E-state index contributed by atoms with van der Waals surface area (Å²) in [6.07, 6.45) is 3.08. The Morgan fingerprint density at radius 3 is 3.00 bits per heavy atom. The third kappa shape index (κ3) is 3.51. The van der Waals surface area contributed by atoms with Crippen LogP contribution in [-0.4, -0.2) is 44.6 Å². The Bertz CT molecular complexity index is 350. The first-order chi connectivity index (χ1) is 8.17. The summed E-state index contributed by atoms with van der Waals surface area (Å²) in [5, 5.41) is 16.8. The Hall–Kier alpha value is -0.940. The molecular weight excluding hydrogens is 216 g/mol. The van der Waals surface area contributed by atoms with Crippen LogP contribution < -0.4 is 0 Å². The smallest absolute Gasteiger partial charge is 0.108 e. The molecule has 0 spiro atoms. The zero-order chi connectivity index (χ0) is 12.3. The van der Waals surface area contributed by atoms with Gasteiger partial charge in [-0.1, -0.05) is 19.1 Å². The Labute approximate surface area is 102 Å². The first kappa shape index (κ1) is 12.5. The molecule has 2 heterocycles. The molecule has 0 bridgehead atoms. The van der Waals surface area contributed by atoms with E-state index in [9.17, 15) is 0 Å². The molecule has 17 heavy (non-hydrogen) atoms. The minimum atomic E-state index is -0.0237. The summed E-state index contributed by atoms with van der Waals surface area (Å²) in [5.41, 5.74) is 0.655. The molecule has 0 aliphatic carbocycles. The number of likely N-dealkylation sites (tertiary alicyclic amines) is 1. The van der Waals surface area contributed by atoms with E-state index < -0.39 is 0 Å². The second kappa shape index (κ2) is 5.60. The van der Waals surface area contributed by atoms with Gasteiger partial charge in [-0.2, -0.15) is 0 Å². The number of aromatic nitrogens is 3. The highest BCUT2D eigenvalue weighted by Crippen LogP contribution is 2.18. The number of hydrogen-bond donors (Lipinski definition) is 1. The molecule has 5 nitrogen and oxygen atoms in total. The molecule has 0 amide bonds. The maximum atomic E-state index is 8.93. The van der Waals surface area contributed by atoms with E-state index in [-0.39, 0.29) is 6.61 Å². The van der Waals surface area contributed by atoms with E-state index in [0.29, 0.717) is 11.6 Å². The van der Waals surface area contributed by atoms with Gasteiger partial charge in [0.05, 0.1) is 12.8 Å². The van der Waals surface area contributed by atoms with Crippen molar-refractivity contribution in [3.8, 4) is 0 Å². The average Bonchev–Trinajstić information content (AvgIpc) is 2.88. The Balaban J connectivity index is 1.81. The van der Waals surface area contributed by atoms with Crippen molar-refractivity contribution in [2.75, 3.05) is 19.6 Å². The van der Waals surface area contributed by atoms with E-state index in [1.165, 1.54) is 19.5 Å². The Morgan fingerprint density at radius 1 is 1.53 bits per heavy atom. The van der Waals surface area contributed by atoms with Crippen molar-refractivity contribution < 1.29 is 5.11 Å². The lowest BCUT2D eigenvalue weighted by molar-refractivity contribution is 0.276. The predicted molar refractivity (Wildman–Crippen MR) is 65.3 cm³/mol. The normalized spacial score (nSPS) is 21.5. The van der Waals surface area contributed by atoms with Crippen LogP contribution in [0.5, 0.6) is 0 Å². The molecule has 1 fully saturated rings. The second-order valence-corrected chi connectivity index (χ2v) is 5.40. The monoisotopic (exact) mass is 238 g/mol. The van der Waals surface area contributed by atoms with Crippen LogP contribution in [0.2, 0.25) is 0 Å². The molecule has 5 heteroatoms. The molecule has 96 valence electrons. The van der Waals surface area contributed by atoms with Gasteiger partial charge in [0, 0.05) is 19.6 Å². The largest absolute Gasteiger partial charge is 0.390 e. The van der Waals surface area contributed by atoms with Gasteiger partial charge in [0.2, 0.25) is 0 Å². The molecule has 1 saturated heterocycles. The van der Waals surface area contributed by atoms with Gasteiger partial charge < -0.3 is 10.0 Å². The van der Waals surface area contributed by atoms with Gasteiger partial charge in [0.15, 0.2) is 0 Å². The van der Waals surface area contributed by atoms with Crippen LogP contribution in [0, 0.1) is 11.8 Å². The van der Waals surface area contributed by atoms with E-state index in [1.54, 1.807) is 0 Å². The van der Waals surface area contributed by atoms with Crippen molar-refractivity contribution in [3.63, 3.8) is 0 Å². The summed E-state index contributed by atoms with van der Waals surface area (Å²) < 4.78 is 1.86. The maximum absolute atomic E-state index is 8.93. The summed E-state index contributed by atoms with van der Waals surface area (Å²) in [5.74, 6) is 1.41. The van der Waals surface area contributed by atoms with Crippen LogP contribution in [0.1, 0.15) is 26.0 Å². The second-order valence-electron chi connectivity index (χ2n) is 5.40. The summed E-state index contributed by atoms with van der Waals surface area (Å²) in [6, 6.07) is 0. The van der Waals surface area contributed by atoms with Crippen LogP contribution in [0.25, 0.3) is 0 Å². The quantitative estimate of drug-likeness (QED) is 0.822. The van der Waals surface area contributed by atoms with E-state index >= 15 is 0 Å². The number of aliphatic hydroxyl groups is 1. The van der Waals surface area contributed by atoms with Gasteiger partial charge in [-0.3, -0.25) is 4.68 Å². The third-order valence-electron chi connectivity index (χ3n) is 3.19. The van der Waals surface area contributed by atoms with Gasteiger partial charge >= 0.3 is 0 Å². The van der Waals surface area contributed by atoms with Crippen molar-refractivity contribution in [1.82, 2.24) is 19.9 Å². The lowest BCUT2D eigenvalue weighted by Crippen LogP contribution is -2.26. The predicted octanol–water partition coefficient (Wildman–Crippen LogP) is 0.748. The number of hydrogen-bond acceptors (Lipinski definition) is 4. The van der Waals surface area contributed by atoms with Crippen molar-refractivity contribution in [2.45, 2.75) is 33.4 Å². The standard InChI is InChI=1S/C12H22N4O/c1-10(2)5-15-4-3-11(6-15)7-16-8-12(9-17)13-14-16/h8,10-11,17H,3-7,9H2,1-2H3/t11-/m1/s1. The van der Waals surface area contributed by atoms with Crippen molar-refractivity contribution in [1.29, 1.82) is 0 Å². The zero-order valence-corrected chi connectivity index (χ0v) is 10.7. The molecule has 1 aliphatic heterocycles.